The number of aryl methyl sites for hydroxylation is 2. The maximum absolute atomic E-state index is 12.4. The summed E-state index contributed by atoms with van der Waals surface area (Å²) in [6.07, 6.45) is 0. The molecule has 178 valence electrons. The van der Waals surface area contributed by atoms with Crippen molar-refractivity contribution in [3.05, 3.63) is 71.3 Å². The number of ether oxygens (including phenoxy) is 3. The number of carbonyl (C=O) groups excluding carboxylic acids is 1. The van der Waals surface area contributed by atoms with E-state index in [0.29, 0.717) is 46.1 Å². The Balaban J connectivity index is 1.25. The highest BCUT2D eigenvalue weighted by Gasteiger charge is 2.15. The number of rotatable bonds is 5. The number of benzene rings is 2. The average Bonchev–Trinajstić information content (AvgIpc) is 3.39. The minimum absolute atomic E-state index is 0.178. The molecule has 0 saturated carbocycles. The van der Waals surface area contributed by atoms with Crippen LogP contribution < -0.4 is 24.8 Å². The molecule has 0 unspecified atom stereocenters. The molecule has 5 rings (SSSR count). The number of nitrogens with one attached hydrogen (secondary N) is 2. The van der Waals surface area contributed by atoms with Gasteiger partial charge < -0.3 is 24.8 Å². The monoisotopic (exact) mass is 472 g/mol. The third-order valence-corrected chi connectivity index (χ3v) is 5.64. The summed E-state index contributed by atoms with van der Waals surface area (Å²) in [5.74, 6) is 3.43. The second kappa shape index (κ2) is 8.98. The molecule has 0 atom stereocenters. The van der Waals surface area contributed by atoms with Crippen molar-refractivity contribution in [2.24, 2.45) is 0 Å². The van der Waals surface area contributed by atoms with Gasteiger partial charge >= 0.3 is 6.03 Å². The van der Waals surface area contributed by atoms with Gasteiger partial charge in [0, 0.05) is 29.2 Å². The highest BCUT2D eigenvalue weighted by Crippen LogP contribution is 2.34. The molecule has 4 aromatic rings. The third-order valence-electron chi connectivity index (χ3n) is 5.64. The van der Waals surface area contributed by atoms with Gasteiger partial charge in [-0.1, -0.05) is 0 Å². The Morgan fingerprint density at radius 1 is 0.914 bits per heavy atom. The van der Waals surface area contributed by atoms with Crippen LogP contribution in [0.1, 0.15) is 22.8 Å². The zero-order valence-corrected chi connectivity index (χ0v) is 19.7. The summed E-state index contributed by atoms with van der Waals surface area (Å²) in [6.45, 7) is 7.99. The van der Waals surface area contributed by atoms with E-state index in [4.69, 9.17) is 14.2 Å². The normalized spacial score (nSPS) is 11.9. The number of amides is 2. The fourth-order valence-corrected chi connectivity index (χ4v) is 3.62. The summed E-state index contributed by atoms with van der Waals surface area (Å²) in [7, 11) is 0. The van der Waals surface area contributed by atoms with Crippen molar-refractivity contribution in [3.63, 3.8) is 0 Å². The largest absolute Gasteiger partial charge is 0.454 e. The molecule has 10 heteroatoms. The number of hydrogen-bond acceptors (Lipinski definition) is 7. The number of aromatic nitrogens is 4. The summed E-state index contributed by atoms with van der Waals surface area (Å²) in [5, 5.41) is 10.1. The molecule has 3 heterocycles. The van der Waals surface area contributed by atoms with Gasteiger partial charge in [-0.25, -0.2) is 14.5 Å². The van der Waals surface area contributed by atoms with Crippen LogP contribution in [0.2, 0.25) is 0 Å². The van der Waals surface area contributed by atoms with Gasteiger partial charge in [-0.2, -0.15) is 10.1 Å². The van der Waals surface area contributed by atoms with Gasteiger partial charge in [-0.3, -0.25) is 0 Å². The van der Waals surface area contributed by atoms with E-state index in [2.05, 4.69) is 25.7 Å². The van der Waals surface area contributed by atoms with Crippen LogP contribution in [0.5, 0.6) is 23.1 Å². The van der Waals surface area contributed by atoms with Gasteiger partial charge in [0.2, 0.25) is 12.7 Å². The number of anilines is 2. The lowest BCUT2D eigenvalue weighted by Gasteiger charge is -2.11. The fourth-order valence-electron chi connectivity index (χ4n) is 3.62. The molecular weight excluding hydrogens is 448 g/mol. The first-order valence-electron chi connectivity index (χ1n) is 11.0. The fraction of sp³-hybridized carbons (Fsp3) is 0.200. The maximum atomic E-state index is 12.4. The molecule has 0 fully saturated rings. The van der Waals surface area contributed by atoms with Crippen LogP contribution in [0, 0.1) is 27.7 Å². The Morgan fingerprint density at radius 3 is 2.37 bits per heavy atom. The van der Waals surface area contributed by atoms with Crippen molar-refractivity contribution in [1.82, 2.24) is 19.7 Å². The highest BCUT2D eigenvalue weighted by molar-refractivity contribution is 6.00. The molecule has 35 heavy (non-hydrogen) atoms. The van der Waals surface area contributed by atoms with Crippen molar-refractivity contribution in [2.75, 3.05) is 17.4 Å². The number of urea groups is 1. The minimum Gasteiger partial charge on any atom is -0.454 e. The first-order chi connectivity index (χ1) is 16.9. The second-order valence-corrected chi connectivity index (χ2v) is 8.09. The van der Waals surface area contributed by atoms with E-state index in [0.717, 1.165) is 17.0 Å². The van der Waals surface area contributed by atoms with E-state index in [1.807, 2.05) is 20.8 Å². The van der Waals surface area contributed by atoms with Gasteiger partial charge in [0.05, 0.1) is 5.69 Å². The summed E-state index contributed by atoms with van der Waals surface area (Å²) < 4.78 is 18.4. The summed E-state index contributed by atoms with van der Waals surface area (Å²) in [6, 6.07) is 13.6. The van der Waals surface area contributed by atoms with Crippen LogP contribution >= 0.6 is 0 Å². The Morgan fingerprint density at radius 2 is 1.63 bits per heavy atom. The molecule has 2 aromatic carbocycles. The number of hydrogen-bond donors (Lipinski definition) is 2. The maximum Gasteiger partial charge on any atom is 0.323 e. The van der Waals surface area contributed by atoms with E-state index >= 15 is 0 Å². The second-order valence-electron chi connectivity index (χ2n) is 8.09. The Bertz CT molecular complexity index is 1410. The predicted octanol–water partition coefficient (Wildman–Crippen LogP) is 5.06. The van der Waals surface area contributed by atoms with Gasteiger partial charge in [0.15, 0.2) is 17.3 Å². The van der Waals surface area contributed by atoms with Crippen molar-refractivity contribution in [2.45, 2.75) is 27.7 Å². The highest BCUT2D eigenvalue weighted by atomic mass is 16.7. The zero-order valence-electron chi connectivity index (χ0n) is 19.7. The number of nitrogens with zero attached hydrogens (tertiary/aromatic N) is 4. The van der Waals surface area contributed by atoms with Crippen LogP contribution in [0.3, 0.4) is 0 Å². The van der Waals surface area contributed by atoms with Gasteiger partial charge in [0.1, 0.15) is 11.6 Å². The molecular formula is C25H24N6O4. The van der Waals surface area contributed by atoms with Crippen LogP contribution in [0.4, 0.5) is 16.2 Å². The SMILES string of the molecule is Cc1nc(Oc2ccc(NC(=O)Nc3ccc4c(c3)OCO4)cc2)cc(-n2nc(C)c(C)c2C)n1. The van der Waals surface area contributed by atoms with Crippen molar-refractivity contribution in [3.8, 4) is 28.9 Å². The van der Waals surface area contributed by atoms with E-state index in [1.165, 1.54) is 0 Å². The molecule has 0 aliphatic carbocycles. The van der Waals surface area contributed by atoms with E-state index in [9.17, 15) is 4.79 Å². The summed E-state index contributed by atoms with van der Waals surface area (Å²) in [5.41, 5.74) is 4.29. The zero-order chi connectivity index (χ0) is 24.5. The van der Waals surface area contributed by atoms with E-state index < -0.39 is 0 Å². The van der Waals surface area contributed by atoms with Gasteiger partial charge in [0.25, 0.3) is 0 Å². The predicted molar refractivity (Wildman–Crippen MR) is 130 cm³/mol. The molecule has 0 radical (unpaired) electrons. The number of fused-ring (bicyclic) bond motifs is 1. The lowest BCUT2D eigenvalue weighted by atomic mass is 10.2. The molecule has 1 aliphatic heterocycles. The molecule has 0 bridgehead atoms. The van der Waals surface area contributed by atoms with Crippen LogP contribution in [0.15, 0.2) is 48.5 Å². The van der Waals surface area contributed by atoms with Crippen molar-refractivity contribution < 1.29 is 19.0 Å². The topological polar surface area (TPSA) is 112 Å². The molecule has 1 aliphatic rings. The smallest absolute Gasteiger partial charge is 0.323 e. The quantitative estimate of drug-likeness (QED) is 0.417. The molecule has 2 N–H and O–H groups in total. The standard InChI is InChI=1S/C25H24N6O4/c1-14-15(2)30-31(16(14)3)23-12-24(27-17(4)26-23)35-20-8-5-18(6-9-20)28-25(32)29-19-7-10-21-22(11-19)34-13-33-21/h5-12H,13H2,1-4H3,(H2,28,29,32). The first-order valence-corrected chi connectivity index (χ1v) is 11.0. The molecule has 0 spiro atoms. The lowest BCUT2D eigenvalue weighted by molar-refractivity contribution is 0.174. The first kappa shape index (κ1) is 22.2. The Hall–Kier alpha value is -4.60. The van der Waals surface area contributed by atoms with E-state index in [1.54, 1.807) is 60.1 Å². The average molecular weight is 473 g/mol. The third kappa shape index (κ3) is 4.72. The molecule has 2 aromatic heterocycles. The minimum atomic E-state index is -0.381. The lowest BCUT2D eigenvalue weighted by Crippen LogP contribution is -2.19. The van der Waals surface area contributed by atoms with Gasteiger partial charge in [-0.05, 0) is 69.7 Å². The van der Waals surface area contributed by atoms with Crippen LogP contribution in [-0.4, -0.2) is 32.6 Å². The van der Waals surface area contributed by atoms with Gasteiger partial charge in [-0.15, -0.1) is 0 Å². The van der Waals surface area contributed by atoms with Crippen molar-refractivity contribution in [1.29, 1.82) is 0 Å². The summed E-state index contributed by atoms with van der Waals surface area (Å²) in [4.78, 5) is 21.3. The molecule has 2 amide bonds. The Labute approximate surface area is 201 Å². The number of carbonyl (C=O) groups is 1. The van der Waals surface area contributed by atoms with Crippen LogP contribution in [-0.2, 0) is 0 Å². The van der Waals surface area contributed by atoms with Crippen LogP contribution in [0.25, 0.3) is 5.82 Å². The molecule has 0 saturated heterocycles. The summed E-state index contributed by atoms with van der Waals surface area (Å²) >= 11 is 0. The molecule has 10 nitrogen and oxygen atoms in total. The van der Waals surface area contributed by atoms with E-state index in [-0.39, 0.29) is 12.8 Å². The van der Waals surface area contributed by atoms with Crippen molar-refractivity contribution >= 4 is 17.4 Å². The Kier molecular flexibility index (Phi) is 5.69.